The summed E-state index contributed by atoms with van der Waals surface area (Å²) in [6.07, 6.45) is 7.53. The van der Waals surface area contributed by atoms with Crippen molar-refractivity contribution in [2.75, 3.05) is 45.8 Å². The van der Waals surface area contributed by atoms with Crippen LogP contribution in [0.5, 0.6) is 17.2 Å². The predicted octanol–water partition coefficient (Wildman–Crippen LogP) is 6.73. The molecular weight excluding hydrogens is 582 g/mol. The first kappa shape index (κ1) is 33.3. The topological polar surface area (TPSA) is 124 Å². The van der Waals surface area contributed by atoms with Gasteiger partial charge in [-0.05, 0) is 110 Å². The highest BCUT2D eigenvalue weighted by Gasteiger charge is 2.13. The molecule has 4 aromatic rings. The van der Waals surface area contributed by atoms with Crippen LogP contribution in [0.4, 0.5) is 11.4 Å². The number of thiophene rings is 1. The summed E-state index contributed by atoms with van der Waals surface area (Å²) in [4.78, 5) is 5.34. The summed E-state index contributed by atoms with van der Waals surface area (Å²) in [6, 6.07) is 21.1. The van der Waals surface area contributed by atoms with E-state index in [0.29, 0.717) is 17.0 Å². The van der Waals surface area contributed by atoms with Crippen LogP contribution in [0.15, 0.2) is 77.1 Å². The SMILES string of the molecule is CN=CC(C/C(=C\c1ccc(OCc2cc(N)c(/C=C(\CCNC)c3ccc(NC)cc3)cc2O)c(O)c1)c1cccs1)NC. The number of phenols is 2. The van der Waals surface area contributed by atoms with Gasteiger partial charge in [-0.3, -0.25) is 4.99 Å². The lowest BCUT2D eigenvalue weighted by Crippen LogP contribution is -2.26. The normalized spacial score (nSPS) is 12.9. The van der Waals surface area contributed by atoms with Crippen LogP contribution in [0, 0.1) is 0 Å². The van der Waals surface area contributed by atoms with Crippen LogP contribution in [-0.2, 0) is 6.61 Å². The molecule has 4 rings (SSSR count). The minimum absolute atomic E-state index is 0.0139. The Morgan fingerprint density at radius 1 is 0.978 bits per heavy atom. The molecule has 1 aromatic heterocycles. The summed E-state index contributed by atoms with van der Waals surface area (Å²) in [6.45, 7) is 0.844. The Bertz CT molecular complexity index is 1630. The van der Waals surface area contributed by atoms with Gasteiger partial charge in [0.1, 0.15) is 12.4 Å². The average Bonchev–Trinajstić information content (AvgIpc) is 3.59. The number of ether oxygens (including phenoxy) is 1. The highest BCUT2D eigenvalue weighted by molar-refractivity contribution is 7.11. The molecule has 0 bridgehead atoms. The number of aliphatic imine (C=N–C) groups is 1. The molecule has 7 N–H and O–H groups in total. The van der Waals surface area contributed by atoms with Crippen LogP contribution in [0.2, 0.25) is 0 Å². The molecular formula is C36H43N5O3S. The number of benzene rings is 3. The Morgan fingerprint density at radius 2 is 1.78 bits per heavy atom. The van der Waals surface area contributed by atoms with E-state index >= 15 is 0 Å². The molecule has 0 saturated heterocycles. The van der Waals surface area contributed by atoms with E-state index in [9.17, 15) is 10.2 Å². The molecule has 0 amide bonds. The highest BCUT2D eigenvalue weighted by atomic mass is 32.1. The van der Waals surface area contributed by atoms with E-state index in [4.69, 9.17) is 10.5 Å². The molecule has 1 atom stereocenters. The van der Waals surface area contributed by atoms with Gasteiger partial charge in [0, 0.05) is 53.7 Å². The van der Waals surface area contributed by atoms with Gasteiger partial charge in [-0.1, -0.05) is 30.3 Å². The molecule has 0 aliphatic heterocycles. The predicted molar refractivity (Wildman–Crippen MR) is 191 cm³/mol. The van der Waals surface area contributed by atoms with Gasteiger partial charge < -0.3 is 36.6 Å². The van der Waals surface area contributed by atoms with Gasteiger partial charge in [-0.25, -0.2) is 0 Å². The Labute approximate surface area is 270 Å². The van der Waals surface area contributed by atoms with Crippen molar-refractivity contribution in [2.24, 2.45) is 4.99 Å². The Hall–Kier alpha value is -4.57. The summed E-state index contributed by atoms with van der Waals surface area (Å²) in [5, 5.41) is 33.4. The molecule has 1 unspecified atom stereocenters. The van der Waals surface area contributed by atoms with Crippen LogP contribution in [0.1, 0.15) is 40.0 Å². The number of aromatic hydroxyl groups is 2. The Balaban J connectivity index is 1.51. The molecule has 0 radical (unpaired) electrons. The van der Waals surface area contributed by atoms with E-state index in [-0.39, 0.29) is 24.1 Å². The number of nitrogens with one attached hydrogen (secondary N) is 3. The van der Waals surface area contributed by atoms with E-state index in [1.807, 2.05) is 57.7 Å². The summed E-state index contributed by atoms with van der Waals surface area (Å²) in [5.41, 5.74) is 13.4. The first-order chi connectivity index (χ1) is 21.8. The quantitative estimate of drug-likeness (QED) is 0.0375. The van der Waals surface area contributed by atoms with Gasteiger partial charge in [-0.2, -0.15) is 0 Å². The third-order valence-electron chi connectivity index (χ3n) is 7.49. The lowest BCUT2D eigenvalue weighted by Gasteiger charge is -2.15. The second-order valence-electron chi connectivity index (χ2n) is 10.6. The smallest absolute Gasteiger partial charge is 0.161 e. The number of phenolic OH excluding ortho intramolecular Hbond substituents is 2. The van der Waals surface area contributed by atoms with Crippen molar-refractivity contribution < 1.29 is 14.9 Å². The van der Waals surface area contributed by atoms with Crippen molar-refractivity contribution in [3.63, 3.8) is 0 Å². The molecule has 236 valence electrons. The first-order valence-corrected chi connectivity index (χ1v) is 15.8. The van der Waals surface area contributed by atoms with Crippen molar-refractivity contribution in [1.82, 2.24) is 10.6 Å². The largest absolute Gasteiger partial charge is 0.508 e. The van der Waals surface area contributed by atoms with Gasteiger partial charge >= 0.3 is 0 Å². The second kappa shape index (κ2) is 16.5. The fourth-order valence-corrected chi connectivity index (χ4v) is 5.70. The van der Waals surface area contributed by atoms with Crippen molar-refractivity contribution in [3.8, 4) is 17.2 Å². The molecule has 0 aliphatic carbocycles. The standard InChI is InChI=1S/C36H43N5O3S/c1-38-14-13-26(25-8-10-30(40-3)11-9-25)18-27-21-33(42)29(20-32(27)37)23-44-35-12-7-24(17-34(35)43)16-28(36-6-5-15-45-36)19-31(41-4)22-39-2/h5-12,15-18,20-22,31,38,40-43H,13-14,19,23,37H2,1-4H3/b26-18+,28-16+,39-22?. The van der Waals surface area contributed by atoms with Crippen LogP contribution in [-0.4, -0.2) is 57.2 Å². The Morgan fingerprint density at radius 3 is 2.42 bits per heavy atom. The average molecular weight is 626 g/mol. The van der Waals surface area contributed by atoms with Gasteiger partial charge in [0.05, 0.1) is 0 Å². The van der Waals surface area contributed by atoms with Crippen molar-refractivity contribution in [2.45, 2.75) is 25.5 Å². The number of anilines is 2. The van der Waals surface area contributed by atoms with E-state index in [1.165, 1.54) is 0 Å². The number of nitrogen functional groups attached to an aromatic ring is 1. The monoisotopic (exact) mass is 625 g/mol. The first-order valence-electron chi connectivity index (χ1n) is 14.9. The number of nitrogens with zero attached hydrogens (tertiary/aromatic N) is 1. The van der Waals surface area contributed by atoms with Gasteiger partial charge in [0.15, 0.2) is 11.5 Å². The number of rotatable bonds is 15. The number of hydrogen-bond acceptors (Lipinski definition) is 9. The van der Waals surface area contributed by atoms with Gasteiger partial charge in [0.2, 0.25) is 0 Å². The molecule has 0 fully saturated rings. The van der Waals surface area contributed by atoms with Gasteiger partial charge in [-0.15, -0.1) is 11.3 Å². The summed E-state index contributed by atoms with van der Waals surface area (Å²) >= 11 is 1.67. The summed E-state index contributed by atoms with van der Waals surface area (Å²) in [5.74, 6) is 0.403. The molecule has 3 aromatic carbocycles. The molecule has 0 aliphatic rings. The lowest BCUT2D eigenvalue weighted by molar-refractivity contribution is 0.283. The Kier molecular flexibility index (Phi) is 12.2. The van der Waals surface area contributed by atoms with E-state index in [1.54, 1.807) is 42.6 Å². The minimum Gasteiger partial charge on any atom is -0.508 e. The number of hydrogen-bond donors (Lipinski definition) is 6. The van der Waals surface area contributed by atoms with Crippen LogP contribution < -0.4 is 26.4 Å². The fourth-order valence-electron chi connectivity index (χ4n) is 4.95. The van der Waals surface area contributed by atoms with Gasteiger partial charge in [0.25, 0.3) is 0 Å². The molecule has 0 saturated carbocycles. The van der Waals surface area contributed by atoms with E-state index in [0.717, 1.165) is 57.8 Å². The minimum atomic E-state index is 0.0139. The molecule has 45 heavy (non-hydrogen) atoms. The molecule has 9 heteroatoms. The fraction of sp³-hybridized carbons (Fsp3) is 0.250. The third kappa shape index (κ3) is 9.21. The molecule has 1 heterocycles. The highest BCUT2D eigenvalue weighted by Crippen LogP contribution is 2.34. The van der Waals surface area contributed by atoms with Crippen molar-refractivity contribution in [3.05, 3.63) is 99.2 Å². The number of nitrogens with two attached hydrogens (primary N) is 1. The van der Waals surface area contributed by atoms with E-state index in [2.05, 4.69) is 50.6 Å². The van der Waals surface area contributed by atoms with Crippen LogP contribution >= 0.6 is 11.3 Å². The zero-order chi connectivity index (χ0) is 32.2. The van der Waals surface area contributed by atoms with Crippen LogP contribution in [0.3, 0.4) is 0 Å². The second-order valence-corrected chi connectivity index (χ2v) is 11.6. The maximum atomic E-state index is 10.9. The van der Waals surface area contributed by atoms with Crippen LogP contribution in [0.25, 0.3) is 23.3 Å². The zero-order valence-corrected chi connectivity index (χ0v) is 27.1. The maximum absolute atomic E-state index is 10.9. The van der Waals surface area contributed by atoms with Crippen molar-refractivity contribution >= 4 is 52.2 Å². The lowest BCUT2D eigenvalue weighted by atomic mass is 9.98. The molecule has 8 nitrogen and oxygen atoms in total. The van der Waals surface area contributed by atoms with E-state index < -0.39 is 0 Å². The zero-order valence-electron chi connectivity index (χ0n) is 26.3. The molecule has 0 spiro atoms. The summed E-state index contributed by atoms with van der Waals surface area (Å²) < 4.78 is 5.93. The third-order valence-corrected chi connectivity index (χ3v) is 8.43. The summed E-state index contributed by atoms with van der Waals surface area (Å²) in [7, 11) is 7.50. The van der Waals surface area contributed by atoms with Crippen molar-refractivity contribution in [1.29, 1.82) is 0 Å². The maximum Gasteiger partial charge on any atom is 0.161 e.